The van der Waals surface area contributed by atoms with E-state index < -0.39 is 0 Å². The Morgan fingerprint density at radius 3 is 2.74 bits per heavy atom. The van der Waals surface area contributed by atoms with Gasteiger partial charge in [0.25, 0.3) is 0 Å². The van der Waals surface area contributed by atoms with Gasteiger partial charge in [0, 0.05) is 15.6 Å². The number of nitrogens with one attached hydrogen (secondary N) is 1. The van der Waals surface area contributed by atoms with Gasteiger partial charge in [0.1, 0.15) is 5.82 Å². The smallest absolute Gasteiger partial charge is 0.123 e. The maximum absolute atomic E-state index is 13.3. The average Bonchev–Trinajstić information content (AvgIpc) is 2.83. The summed E-state index contributed by atoms with van der Waals surface area (Å²) < 4.78 is 14.5. The molecule has 1 nitrogen and oxygen atoms in total. The summed E-state index contributed by atoms with van der Waals surface area (Å²) in [4.78, 5) is 1.36. The van der Waals surface area contributed by atoms with E-state index in [9.17, 15) is 4.39 Å². The molecule has 0 saturated heterocycles. The molecule has 3 rings (SSSR count). The van der Waals surface area contributed by atoms with Crippen LogP contribution < -0.4 is 5.32 Å². The molecule has 1 N–H and O–H groups in total. The number of hydrogen-bond acceptors (Lipinski definition) is 2. The number of thiophene rings is 1. The van der Waals surface area contributed by atoms with E-state index in [0.717, 1.165) is 11.3 Å². The minimum atomic E-state index is -0.143. The predicted octanol–water partition coefficient (Wildman–Crippen LogP) is 4.88. The Kier molecular flexibility index (Phi) is 3.85. The molecule has 1 aliphatic rings. The number of benzene rings is 1. The lowest BCUT2D eigenvalue weighted by Gasteiger charge is -2.29. The van der Waals surface area contributed by atoms with Crippen LogP contribution in [0.1, 0.15) is 43.0 Å². The van der Waals surface area contributed by atoms with Crippen LogP contribution in [0, 0.1) is 11.7 Å². The Morgan fingerprint density at radius 1 is 1.21 bits per heavy atom. The van der Waals surface area contributed by atoms with Gasteiger partial charge in [-0.25, -0.2) is 4.39 Å². The Balaban J connectivity index is 1.91. The Bertz CT molecular complexity index is 557. The van der Waals surface area contributed by atoms with Crippen molar-refractivity contribution in [3.8, 4) is 0 Å². The van der Waals surface area contributed by atoms with E-state index in [0.29, 0.717) is 6.04 Å². The summed E-state index contributed by atoms with van der Waals surface area (Å²) in [6.07, 6.45) is 6.71. The standard InChI is InChI=1S/C16H20FNS/c1-18-16(11-5-3-2-4-6-11)15-10-12-9-13(17)7-8-14(12)19-15/h7-11,16,18H,2-6H2,1H3. The average molecular weight is 277 g/mol. The topological polar surface area (TPSA) is 12.0 Å². The Labute approximate surface area is 117 Å². The molecule has 102 valence electrons. The first-order chi connectivity index (χ1) is 9.28. The van der Waals surface area contributed by atoms with Crippen LogP contribution in [-0.2, 0) is 0 Å². The van der Waals surface area contributed by atoms with E-state index in [1.165, 1.54) is 41.7 Å². The van der Waals surface area contributed by atoms with Crippen molar-refractivity contribution in [1.29, 1.82) is 0 Å². The van der Waals surface area contributed by atoms with Gasteiger partial charge in [0.2, 0.25) is 0 Å². The molecular weight excluding hydrogens is 257 g/mol. The third-order valence-corrected chi connectivity index (χ3v) is 5.44. The van der Waals surface area contributed by atoms with Crippen molar-refractivity contribution < 1.29 is 4.39 Å². The molecule has 1 fully saturated rings. The van der Waals surface area contributed by atoms with Crippen molar-refractivity contribution in [3.05, 3.63) is 35.0 Å². The van der Waals surface area contributed by atoms with Gasteiger partial charge in [-0.1, -0.05) is 19.3 Å². The second kappa shape index (κ2) is 5.59. The van der Waals surface area contributed by atoms with Crippen molar-refractivity contribution in [2.45, 2.75) is 38.1 Å². The van der Waals surface area contributed by atoms with Crippen LogP contribution in [0.5, 0.6) is 0 Å². The molecule has 1 aliphatic carbocycles. The second-order valence-corrected chi connectivity index (χ2v) is 6.61. The van der Waals surface area contributed by atoms with E-state index in [1.807, 2.05) is 13.1 Å². The second-order valence-electron chi connectivity index (χ2n) is 5.50. The summed E-state index contributed by atoms with van der Waals surface area (Å²) in [5.74, 6) is 0.590. The Morgan fingerprint density at radius 2 is 2.00 bits per heavy atom. The molecule has 1 aromatic carbocycles. The summed E-state index contributed by atoms with van der Waals surface area (Å²) >= 11 is 1.80. The van der Waals surface area contributed by atoms with Crippen molar-refractivity contribution in [3.63, 3.8) is 0 Å². The predicted molar refractivity (Wildman–Crippen MR) is 80.2 cm³/mol. The van der Waals surface area contributed by atoms with Crippen LogP contribution in [-0.4, -0.2) is 7.05 Å². The molecule has 0 amide bonds. The fourth-order valence-electron chi connectivity index (χ4n) is 3.27. The molecule has 0 bridgehead atoms. The van der Waals surface area contributed by atoms with Gasteiger partial charge in [0.15, 0.2) is 0 Å². The van der Waals surface area contributed by atoms with Crippen LogP contribution in [0.4, 0.5) is 4.39 Å². The molecule has 0 aliphatic heterocycles. The minimum absolute atomic E-state index is 0.143. The normalized spacial score (nSPS) is 18.8. The molecule has 2 aromatic rings. The van der Waals surface area contributed by atoms with Gasteiger partial charge in [-0.05, 0) is 55.5 Å². The first-order valence-electron chi connectivity index (χ1n) is 7.14. The summed E-state index contributed by atoms with van der Waals surface area (Å²) in [6.45, 7) is 0. The largest absolute Gasteiger partial charge is 0.312 e. The fourth-order valence-corrected chi connectivity index (χ4v) is 4.51. The first-order valence-corrected chi connectivity index (χ1v) is 7.96. The number of fused-ring (bicyclic) bond motifs is 1. The van der Waals surface area contributed by atoms with Crippen molar-refractivity contribution in [2.75, 3.05) is 7.05 Å². The lowest BCUT2D eigenvalue weighted by Crippen LogP contribution is -2.26. The number of hydrogen-bond donors (Lipinski definition) is 1. The first kappa shape index (κ1) is 13.1. The van der Waals surface area contributed by atoms with E-state index in [2.05, 4.69) is 11.4 Å². The lowest BCUT2D eigenvalue weighted by atomic mass is 9.83. The van der Waals surface area contributed by atoms with Crippen molar-refractivity contribution in [1.82, 2.24) is 5.32 Å². The highest BCUT2D eigenvalue weighted by Gasteiger charge is 2.25. The molecule has 0 radical (unpaired) electrons. The van der Waals surface area contributed by atoms with Crippen LogP contribution in [0.3, 0.4) is 0 Å². The third-order valence-electron chi connectivity index (χ3n) is 4.24. The summed E-state index contributed by atoms with van der Waals surface area (Å²) in [7, 11) is 2.05. The zero-order chi connectivity index (χ0) is 13.2. The molecule has 1 atom stereocenters. The summed E-state index contributed by atoms with van der Waals surface area (Å²) in [5.41, 5.74) is 0. The molecule has 3 heteroatoms. The van der Waals surface area contributed by atoms with Crippen molar-refractivity contribution >= 4 is 21.4 Å². The minimum Gasteiger partial charge on any atom is -0.312 e. The maximum Gasteiger partial charge on any atom is 0.123 e. The summed E-state index contributed by atoms with van der Waals surface area (Å²) in [6, 6.07) is 7.69. The summed E-state index contributed by atoms with van der Waals surface area (Å²) in [5, 5.41) is 4.52. The highest BCUT2D eigenvalue weighted by atomic mass is 32.1. The quantitative estimate of drug-likeness (QED) is 0.843. The van der Waals surface area contributed by atoms with Gasteiger partial charge in [-0.2, -0.15) is 0 Å². The highest BCUT2D eigenvalue weighted by Crippen LogP contribution is 2.39. The molecule has 1 unspecified atom stereocenters. The van der Waals surface area contributed by atoms with Gasteiger partial charge >= 0.3 is 0 Å². The van der Waals surface area contributed by atoms with E-state index in [-0.39, 0.29) is 5.82 Å². The zero-order valence-electron chi connectivity index (χ0n) is 11.3. The molecule has 19 heavy (non-hydrogen) atoms. The Hall–Kier alpha value is -0.930. The SMILES string of the molecule is CNC(c1cc2cc(F)ccc2s1)C1CCCCC1. The van der Waals surface area contributed by atoms with E-state index >= 15 is 0 Å². The lowest BCUT2D eigenvalue weighted by molar-refractivity contribution is 0.284. The van der Waals surface area contributed by atoms with Crippen molar-refractivity contribution in [2.24, 2.45) is 5.92 Å². The molecule has 1 heterocycles. The van der Waals surface area contributed by atoms with Crippen LogP contribution in [0.15, 0.2) is 24.3 Å². The molecular formula is C16H20FNS. The number of halogens is 1. The van der Waals surface area contributed by atoms with Gasteiger partial charge < -0.3 is 5.32 Å². The molecule has 1 saturated carbocycles. The van der Waals surface area contributed by atoms with Crippen LogP contribution >= 0.6 is 11.3 Å². The van der Waals surface area contributed by atoms with E-state index in [4.69, 9.17) is 0 Å². The maximum atomic E-state index is 13.3. The van der Waals surface area contributed by atoms with Gasteiger partial charge in [0.05, 0.1) is 0 Å². The fraction of sp³-hybridized carbons (Fsp3) is 0.500. The monoisotopic (exact) mass is 277 g/mol. The highest BCUT2D eigenvalue weighted by molar-refractivity contribution is 7.19. The number of rotatable bonds is 3. The van der Waals surface area contributed by atoms with Gasteiger partial charge in [-0.15, -0.1) is 11.3 Å². The third kappa shape index (κ3) is 2.67. The molecule has 0 spiro atoms. The van der Waals surface area contributed by atoms with Gasteiger partial charge in [-0.3, -0.25) is 0 Å². The van der Waals surface area contributed by atoms with E-state index in [1.54, 1.807) is 23.5 Å². The van der Waals surface area contributed by atoms with Crippen LogP contribution in [0.2, 0.25) is 0 Å². The zero-order valence-corrected chi connectivity index (χ0v) is 12.1. The van der Waals surface area contributed by atoms with Crippen LogP contribution in [0.25, 0.3) is 10.1 Å². The molecule has 1 aromatic heterocycles.